The Morgan fingerprint density at radius 1 is 1.27 bits per heavy atom. The number of aromatic carboxylic acids is 1. The number of ether oxygens (including phenoxy) is 2. The summed E-state index contributed by atoms with van der Waals surface area (Å²) in [5.74, 6) is -0.0322. The van der Waals surface area contributed by atoms with E-state index in [1.807, 2.05) is 0 Å². The molecule has 2 aromatic rings. The number of nitrogens with zero attached hydrogens (tertiary/aromatic N) is 2. The van der Waals surface area contributed by atoms with Crippen LogP contribution in [0, 0.1) is 0 Å². The molecule has 2 rings (SSSR count). The third-order valence-corrected chi connectivity index (χ3v) is 2.97. The van der Waals surface area contributed by atoms with Gasteiger partial charge in [0.15, 0.2) is 0 Å². The Morgan fingerprint density at radius 3 is 2.59 bits per heavy atom. The molecule has 0 bridgehead atoms. The number of benzene rings is 1. The van der Waals surface area contributed by atoms with E-state index in [0.717, 1.165) is 0 Å². The van der Waals surface area contributed by atoms with Gasteiger partial charge in [-0.05, 0) is 24.3 Å². The highest BCUT2D eigenvalue weighted by Gasteiger charge is 2.15. The molecular weight excluding hydrogens is 286 g/mol. The van der Waals surface area contributed by atoms with Gasteiger partial charge in [0.1, 0.15) is 11.3 Å². The molecular formula is C15H17N3O4. The van der Waals surface area contributed by atoms with Crippen molar-refractivity contribution in [3.8, 4) is 17.0 Å². The maximum atomic E-state index is 11.3. The fourth-order valence-electron chi connectivity index (χ4n) is 1.86. The third-order valence-electron chi connectivity index (χ3n) is 2.97. The van der Waals surface area contributed by atoms with Crippen LogP contribution in [0.25, 0.3) is 11.3 Å². The molecule has 1 aromatic carbocycles. The van der Waals surface area contributed by atoms with E-state index in [2.05, 4.69) is 15.3 Å². The molecule has 0 atom stereocenters. The van der Waals surface area contributed by atoms with Crippen molar-refractivity contribution in [3.63, 3.8) is 0 Å². The number of carbonyl (C=O) groups is 1. The van der Waals surface area contributed by atoms with Crippen LogP contribution in [0.5, 0.6) is 5.75 Å². The first-order chi connectivity index (χ1) is 10.7. The van der Waals surface area contributed by atoms with Gasteiger partial charge in [0.25, 0.3) is 0 Å². The smallest absolute Gasteiger partial charge is 0.339 e. The van der Waals surface area contributed by atoms with Crippen molar-refractivity contribution in [1.82, 2.24) is 9.97 Å². The second-order valence-electron chi connectivity index (χ2n) is 4.41. The van der Waals surface area contributed by atoms with Gasteiger partial charge in [-0.15, -0.1) is 0 Å². The van der Waals surface area contributed by atoms with Gasteiger partial charge in [-0.2, -0.15) is 0 Å². The Morgan fingerprint density at radius 2 is 2.00 bits per heavy atom. The molecule has 2 N–H and O–H groups in total. The van der Waals surface area contributed by atoms with E-state index < -0.39 is 5.97 Å². The lowest BCUT2D eigenvalue weighted by Gasteiger charge is -2.09. The van der Waals surface area contributed by atoms with Crippen LogP contribution in [0.3, 0.4) is 0 Å². The molecule has 0 unspecified atom stereocenters. The summed E-state index contributed by atoms with van der Waals surface area (Å²) in [5.41, 5.74) is 1.07. The number of anilines is 1. The first-order valence-corrected chi connectivity index (χ1v) is 6.63. The van der Waals surface area contributed by atoms with Crippen LogP contribution < -0.4 is 10.1 Å². The average Bonchev–Trinajstić information content (AvgIpc) is 2.55. The molecule has 0 aliphatic rings. The molecule has 0 radical (unpaired) electrons. The Kier molecular flexibility index (Phi) is 5.26. The molecule has 0 amide bonds. The van der Waals surface area contributed by atoms with E-state index >= 15 is 0 Å². The van der Waals surface area contributed by atoms with E-state index in [9.17, 15) is 9.90 Å². The second-order valence-corrected chi connectivity index (χ2v) is 4.41. The van der Waals surface area contributed by atoms with Crippen LogP contribution in [0.2, 0.25) is 0 Å². The molecule has 7 heteroatoms. The van der Waals surface area contributed by atoms with E-state index in [1.165, 1.54) is 6.20 Å². The first-order valence-electron chi connectivity index (χ1n) is 6.63. The Hall–Kier alpha value is -2.67. The number of methoxy groups -OCH3 is 2. The molecule has 7 nitrogen and oxygen atoms in total. The van der Waals surface area contributed by atoms with Gasteiger partial charge < -0.3 is 19.9 Å². The zero-order valence-electron chi connectivity index (χ0n) is 12.4. The fraction of sp³-hybridized carbons (Fsp3) is 0.267. The molecule has 0 saturated carbocycles. The van der Waals surface area contributed by atoms with E-state index in [1.54, 1.807) is 38.5 Å². The zero-order valence-corrected chi connectivity index (χ0v) is 12.4. The minimum Gasteiger partial charge on any atom is -0.497 e. The second kappa shape index (κ2) is 7.37. The summed E-state index contributed by atoms with van der Waals surface area (Å²) >= 11 is 0. The van der Waals surface area contributed by atoms with Gasteiger partial charge in [-0.3, -0.25) is 0 Å². The lowest BCUT2D eigenvalue weighted by molar-refractivity contribution is 0.0697. The van der Waals surface area contributed by atoms with E-state index in [0.29, 0.717) is 36.1 Å². The number of hydrogen-bond acceptors (Lipinski definition) is 6. The summed E-state index contributed by atoms with van der Waals surface area (Å²) in [6, 6.07) is 7.02. The summed E-state index contributed by atoms with van der Waals surface area (Å²) in [6.45, 7) is 1.03. The number of nitrogens with one attached hydrogen (secondary N) is 1. The van der Waals surface area contributed by atoms with Gasteiger partial charge in [-0.1, -0.05) is 0 Å². The van der Waals surface area contributed by atoms with Crippen molar-refractivity contribution < 1.29 is 19.4 Å². The van der Waals surface area contributed by atoms with Gasteiger partial charge >= 0.3 is 5.97 Å². The fourth-order valence-corrected chi connectivity index (χ4v) is 1.86. The lowest BCUT2D eigenvalue weighted by Crippen LogP contribution is -2.12. The highest BCUT2D eigenvalue weighted by Crippen LogP contribution is 2.24. The van der Waals surface area contributed by atoms with E-state index in [-0.39, 0.29) is 5.56 Å². The van der Waals surface area contributed by atoms with Crippen molar-refractivity contribution in [1.29, 1.82) is 0 Å². The van der Waals surface area contributed by atoms with Crippen LogP contribution in [0.4, 0.5) is 5.95 Å². The van der Waals surface area contributed by atoms with Crippen molar-refractivity contribution in [2.75, 3.05) is 32.7 Å². The standard InChI is InChI=1S/C15H17N3O4/c1-21-8-7-16-15-17-9-12(14(19)20)13(18-15)10-3-5-11(22-2)6-4-10/h3-6,9H,7-8H2,1-2H3,(H,19,20)(H,16,17,18). The van der Waals surface area contributed by atoms with Gasteiger partial charge in [-0.25, -0.2) is 14.8 Å². The third kappa shape index (κ3) is 3.70. The monoisotopic (exact) mass is 303 g/mol. The Balaban J connectivity index is 2.36. The van der Waals surface area contributed by atoms with E-state index in [4.69, 9.17) is 9.47 Å². The number of carboxylic acids is 1. The summed E-state index contributed by atoms with van der Waals surface area (Å²) in [4.78, 5) is 19.6. The lowest BCUT2D eigenvalue weighted by atomic mass is 10.1. The molecule has 0 aliphatic heterocycles. The summed E-state index contributed by atoms with van der Waals surface area (Å²) < 4.78 is 10.0. The van der Waals surface area contributed by atoms with Crippen LogP contribution in [-0.4, -0.2) is 48.4 Å². The van der Waals surface area contributed by atoms with Crippen LogP contribution in [0.1, 0.15) is 10.4 Å². The van der Waals surface area contributed by atoms with Crippen LogP contribution in [0.15, 0.2) is 30.5 Å². The molecule has 0 spiro atoms. The van der Waals surface area contributed by atoms with Gasteiger partial charge in [0.2, 0.25) is 5.95 Å². The minimum absolute atomic E-state index is 0.0439. The predicted molar refractivity (Wildman–Crippen MR) is 81.3 cm³/mol. The molecule has 0 aliphatic carbocycles. The SMILES string of the molecule is COCCNc1ncc(C(=O)O)c(-c2ccc(OC)cc2)n1. The molecule has 0 saturated heterocycles. The highest BCUT2D eigenvalue weighted by molar-refractivity contribution is 5.94. The topological polar surface area (TPSA) is 93.6 Å². The molecule has 116 valence electrons. The summed E-state index contributed by atoms with van der Waals surface area (Å²) in [7, 11) is 3.17. The minimum atomic E-state index is -1.07. The van der Waals surface area contributed by atoms with Gasteiger partial charge in [0.05, 0.1) is 19.4 Å². The molecule has 22 heavy (non-hydrogen) atoms. The van der Waals surface area contributed by atoms with Crippen molar-refractivity contribution in [2.24, 2.45) is 0 Å². The number of hydrogen-bond donors (Lipinski definition) is 2. The first kappa shape index (κ1) is 15.7. The van der Waals surface area contributed by atoms with Gasteiger partial charge in [0, 0.05) is 25.4 Å². The highest BCUT2D eigenvalue weighted by atomic mass is 16.5. The normalized spacial score (nSPS) is 10.3. The summed E-state index contributed by atoms with van der Waals surface area (Å²) in [6.07, 6.45) is 1.30. The quantitative estimate of drug-likeness (QED) is 0.754. The van der Waals surface area contributed by atoms with Crippen molar-refractivity contribution >= 4 is 11.9 Å². The predicted octanol–water partition coefficient (Wildman–Crippen LogP) is 1.91. The van der Waals surface area contributed by atoms with Crippen molar-refractivity contribution in [3.05, 3.63) is 36.0 Å². The number of aromatic nitrogens is 2. The molecule has 1 heterocycles. The summed E-state index contributed by atoms with van der Waals surface area (Å²) in [5, 5.41) is 12.3. The zero-order chi connectivity index (χ0) is 15.9. The van der Waals surface area contributed by atoms with Crippen molar-refractivity contribution in [2.45, 2.75) is 0 Å². The number of carboxylic acid groups (broad SMARTS) is 1. The molecule has 1 aromatic heterocycles. The van der Waals surface area contributed by atoms with Crippen LogP contribution in [-0.2, 0) is 4.74 Å². The number of rotatable bonds is 7. The Labute approximate surface area is 127 Å². The Bertz CT molecular complexity index is 644. The molecule has 0 fully saturated rings. The largest absolute Gasteiger partial charge is 0.497 e. The average molecular weight is 303 g/mol. The maximum absolute atomic E-state index is 11.3. The maximum Gasteiger partial charge on any atom is 0.339 e. The van der Waals surface area contributed by atoms with Crippen LogP contribution >= 0.6 is 0 Å².